The summed E-state index contributed by atoms with van der Waals surface area (Å²) in [4.78, 5) is 14.2. The molecule has 0 bridgehead atoms. The summed E-state index contributed by atoms with van der Waals surface area (Å²) in [6.07, 6.45) is 13.1. The zero-order valence-corrected chi connectivity index (χ0v) is 13.4. The van der Waals surface area contributed by atoms with Gasteiger partial charge in [-0.3, -0.25) is 4.79 Å². The smallest absolute Gasteiger partial charge is 0.222 e. The highest BCUT2D eigenvalue weighted by Gasteiger charge is 2.21. The van der Waals surface area contributed by atoms with Crippen molar-refractivity contribution >= 4 is 5.91 Å². The maximum absolute atomic E-state index is 12.1. The van der Waals surface area contributed by atoms with E-state index in [2.05, 4.69) is 11.8 Å². The number of hydrogen-bond donors (Lipinski definition) is 1. The summed E-state index contributed by atoms with van der Waals surface area (Å²) in [7, 11) is 0. The van der Waals surface area contributed by atoms with Crippen LogP contribution in [0.4, 0.5) is 0 Å². The second kappa shape index (κ2) is 11.1. The van der Waals surface area contributed by atoms with E-state index in [9.17, 15) is 4.79 Å². The molecule has 0 atom stereocenters. The number of amides is 1. The van der Waals surface area contributed by atoms with Crippen molar-refractivity contribution in [2.45, 2.75) is 77.6 Å². The average Bonchev–Trinajstić information content (AvgIpc) is 2.47. The Labute approximate surface area is 125 Å². The van der Waals surface area contributed by atoms with Gasteiger partial charge in [0.25, 0.3) is 0 Å². The number of likely N-dealkylation sites (tertiary alicyclic amines) is 1. The van der Waals surface area contributed by atoms with Gasteiger partial charge >= 0.3 is 0 Å². The van der Waals surface area contributed by atoms with Crippen LogP contribution >= 0.6 is 0 Å². The lowest BCUT2D eigenvalue weighted by molar-refractivity contribution is -0.132. The van der Waals surface area contributed by atoms with Crippen LogP contribution in [0.25, 0.3) is 0 Å². The van der Waals surface area contributed by atoms with Gasteiger partial charge in [0.2, 0.25) is 5.91 Å². The molecule has 1 aliphatic rings. The Morgan fingerprint density at radius 2 is 1.65 bits per heavy atom. The number of unbranched alkanes of at least 4 members (excludes halogenated alkanes) is 6. The van der Waals surface area contributed by atoms with Crippen LogP contribution in [-0.2, 0) is 4.79 Å². The minimum atomic E-state index is 0.379. The van der Waals surface area contributed by atoms with Crippen molar-refractivity contribution in [2.75, 3.05) is 19.6 Å². The molecule has 0 spiro atoms. The van der Waals surface area contributed by atoms with Gasteiger partial charge in [0.15, 0.2) is 0 Å². The Morgan fingerprint density at radius 3 is 2.25 bits per heavy atom. The van der Waals surface area contributed by atoms with Crippen molar-refractivity contribution in [2.24, 2.45) is 11.7 Å². The second-order valence-corrected chi connectivity index (χ2v) is 6.27. The molecule has 0 unspecified atom stereocenters. The predicted molar refractivity (Wildman–Crippen MR) is 85.6 cm³/mol. The van der Waals surface area contributed by atoms with E-state index in [0.717, 1.165) is 57.7 Å². The molecular weight excluding hydrogens is 248 g/mol. The SMILES string of the molecule is CCCCCCCCCC(=O)N1CCC(CCN)CC1. The number of rotatable bonds is 10. The monoisotopic (exact) mass is 282 g/mol. The molecule has 0 aromatic rings. The van der Waals surface area contributed by atoms with E-state index >= 15 is 0 Å². The third-order valence-corrected chi connectivity index (χ3v) is 4.54. The largest absolute Gasteiger partial charge is 0.343 e. The highest BCUT2D eigenvalue weighted by Crippen LogP contribution is 2.20. The maximum Gasteiger partial charge on any atom is 0.222 e. The molecule has 0 aromatic heterocycles. The lowest BCUT2D eigenvalue weighted by atomic mass is 9.93. The molecule has 118 valence electrons. The topological polar surface area (TPSA) is 46.3 Å². The second-order valence-electron chi connectivity index (χ2n) is 6.27. The molecule has 1 heterocycles. The van der Waals surface area contributed by atoms with Crippen LogP contribution < -0.4 is 5.73 Å². The van der Waals surface area contributed by atoms with E-state index in [4.69, 9.17) is 5.73 Å². The molecule has 20 heavy (non-hydrogen) atoms. The van der Waals surface area contributed by atoms with E-state index in [-0.39, 0.29) is 0 Å². The maximum atomic E-state index is 12.1. The van der Waals surface area contributed by atoms with Gasteiger partial charge < -0.3 is 10.6 Å². The molecule has 1 amide bonds. The molecule has 0 aliphatic carbocycles. The number of carbonyl (C=O) groups excluding carboxylic acids is 1. The van der Waals surface area contributed by atoms with Crippen molar-refractivity contribution in [1.82, 2.24) is 4.90 Å². The van der Waals surface area contributed by atoms with Crippen LogP contribution in [0.1, 0.15) is 77.6 Å². The molecule has 2 N–H and O–H groups in total. The lowest BCUT2D eigenvalue weighted by Gasteiger charge is -2.32. The molecule has 0 saturated carbocycles. The van der Waals surface area contributed by atoms with Gasteiger partial charge in [-0.15, -0.1) is 0 Å². The Bertz CT molecular complexity index is 247. The molecule has 3 heteroatoms. The van der Waals surface area contributed by atoms with Crippen LogP contribution in [-0.4, -0.2) is 30.4 Å². The molecule has 1 rings (SSSR count). The number of carbonyl (C=O) groups is 1. The standard InChI is InChI=1S/C17H34N2O/c1-2-3-4-5-6-7-8-9-17(20)19-14-11-16(10-13-18)12-15-19/h16H,2-15,18H2,1H3. The Balaban J connectivity index is 2.00. The summed E-state index contributed by atoms with van der Waals surface area (Å²) in [5, 5.41) is 0. The van der Waals surface area contributed by atoms with Crippen LogP contribution in [0.2, 0.25) is 0 Å². The highest BCUT2D eigenvalue weighted by molar-refractivity contribution is 5.76. The van der Waals surface area contributed by atoms with Gasteiger partial charge in [0.05, 0.1) is 0 Å². The van der Waals surface area contributed by atoms with E-state index in [1.54, 1.807) is 0 Å². The van der Waals surface area contributed by atoms with E-state index in [1.807, 2.05) is 0 Å². The molecule has 0 radical (unpaired) electrons. The number of nitrogens with two attached hydrogens (primary N) is 1. The first-order valence-corrected chi connectivity index (χ1v) is 8.75. The lowest BCUT2D eigenvalue weighted by Crippen LogP contribution is -2.38. The highest BCUT2D eigenvalue weighted by atomic mass is 16.2. The van der Waals surface area contributed by atoms with Crippen molar-refractivity contribution in [3.63, 3.8) is 0 Å². The third-order valence-electron chi connectivity index (χ3n) is 4.54. The van der Waals surface area contributed by atoms with Crippen LogP contribution in [0, 0.1) is 5.92 Å². The van der Waals surface area contributed by atoms with Gasteiger partial charge in [0.1, 0.15) is 0 Å². The van der Waals surface area contributed by atoms with Crippen molar-refractivity contribution in [3.8, 4) is 0 Å². The predicted octanol–water partition coefficient (Wildman–Crippen LogP) is 3.71. The normalized spacial score (nSPS) is 16.6. The fourth-order valence-electron chi connectivity index (χ4n) is 3.10. The first kappa shape index (κ1) is 17.5. The molecule has 3 nitrogen and oxygen atoms in total. The van der Waals surface area contributed by atoms with Crippen molar-refractivity contribution in [3.05, 3.63) is 0 Å². The minimum Gasteiger partial charge on any atom is -0.343 e. The van der Waals surface area contributed by atoms with Crippen LogP contribution in [0.15, 0.2) is 0 Å². The average molecular weight is 282 g/mol. The van der Waals surface area contributed by atoms with Gasteiger partial charge in [0, 0.05) is 19.5 Å². The summed E-state index contributed by atoms with van der Waals surface area (Å²) in [5.41, 5.74) is 5.60. The van der Waals surface area contributed by atoms with Crippen molar-refractivity contribution in [1.29, 1.82) is 0 Å². The molecular formula is C17H34N2O. The Morgan fingerprint density at radius 1 is 1.05 bits per heavy atom. The van der Waals surface area contributed by atoms with Crippen molar-refractivity contribution < 1.29 is 4.79 Å². The summed E-state index contributed by atoms with van der Waals surface area (Å²) in [5.74, 6) is 1.13. The van der Waals surface area contributed by atoms with Gasteiger partial charge in [-0.2, -0.15) is 0 Å². The first-order chi connectivity index (χ1) is 9.77. The zero-order valence-electron chi connectivity index (χ0n) is 13.4. The first-order valence-electron chi connectivity index (χ1n) is 8.75. The summed E-state index contributed by atoms with van der Waals surface area (Å²) in [6.45, 7) is 4.95. The third kappa shape index (κ3) is 7.28. The van der Waals surface area contributed by atoms with E-state index < -0.39 is 0 Å². The summed E-state index contributed by atoms with van der Waals surface area (Å²) in [6, 6.07) is 0. The van der Waals surface area contributed by atoms with Crippen LogP contribution in [0.5, 0.6) is 0 Å². The van der Waals surface area contributed by atoms with Gasteiger partial charge in [-0.05, 0) is 38.1 Å². The minimum absolute atomic E-state index is 0.379. The summed E-state index contributed by atoms with van der Waals surface area (Å²) >= 11 is 0. The van der Waals surface area contributed by atoms with E-state index in [1.165, 1.54) is 38.5 Å². The Kier molecular flexibility index (Phi) is 9.73. The zero-order chi connectivity index (χ0) is 14.6. The number of hydrogen-bond acceptors (Lipinski definition) is 2. The summed E-state index contributed by atoms with van der Waals surface area (Å²) < 4.78 is 0. The molecule has 0 aromatic carbocycles. The number of nitrogens with zero attached hydrogens (tertiary/aromatic N) is 1. The van der Waals surface area contributed by atoms with Gasteiger partial charge in [-0.1, -0.05) is 45.4 Å². The molecule has 1 aliphatic heterocycles. The Hall–Kier alpha value is -0.570. The molecule has 1 saturated heterocycles. The molecule has 1 fully saturated rings. The quantitative estimate of drug-likeness (QED) is 0.621. The fraction of sp³-hybridized carbons (Fsp3) is 0.941. The fourth-order valence-corrected chi connectivity index (χ4v) is 3.10. The van der Waals surface area contributed by atoms with Gasteiger partial charge in [-0.25, -0.2) is 0 Å². The van der Waals surface area contributed by atoms with E-state index in [0.29, 0.717) is 5.91 Å². The number of piperidine rings is 1. The van der Waals surface area contributed by atoms with Crippen LogP contribution in [0.3, 0.4) is 0 Å².